The zero-order valence-electron chi connectivity index (χ0n) is 23.0. The molecule has 3 fully saturated rings. The number of rotatable bonds is 7. The van der Waals surface area contributed by atoms with Crippen molar-refractivity contribution in [2.24, 2.45) is 18.0 Å². The molecule has 12 nitrogen and oxygen atoms in total. The Labute approximate surface area is 231 Å². The summed E-state index contributed by atoms with van der Waals surface area (Å²) in [6.07, 6.45) is 8.00. The molecule has 0 saturated carbocycles. The average molecular weight is 552 g/mol. The first kappa shape index (κ1) is 26.5. The van der Waals surface area contributed by atoms with Gasteiger partial charge in [-0.1, -0.05) is 0 Å². The quantitative estimate of drug-likeness (QED) is 0.441. The first-order valence-corrected chi connectivity index (χ1v) is 13.8. The van der Waals surface area contributed by atoms with Crippen LogP contribution >= 0.6 is 0 Å². The number of hydrogen-bond acceptors (Lipinski definition) is 10. The molecule has 0 aliphatic carbocycles. The molecule has 3 aliphatic rings. The van der Waals surface area contributed by atoms with Crippen LogP contribution < -0.4 is 15.7 Å². The van der Waals surface area contributed by atoms with Crippen molar-refractivity contribution < 1.29 is 13.9 Å². The lowest BCUT2D eigenvalue weighted by Crippen LogP contribution is -2.52. The van der Waals surface area contributed by atoms with E-state index in [1.165, 1.54) is 19.9 Å². The summed E-state index contributed by atoms with van der Waals surface area (Å²) >= 11 is 0. The second-order valence-electron chi connectivity index (χ2n) is 11.4. The summed E-state index contributed by atoms with van der Waals surface area (Å²) in [5, 5.41) is 10.9. The van der Waals surface area contributed by atoms with E-state index in [0.717, 1.165) is 41.4 Å². The Hall–Kier alpha value is -3.71. The van der Waals surface area contributed by atoms with E-state index in [9.17, 15) is 9.18 Å². The number of ether oxygens (including phenoxy) is 2. The van der Waals surface area contributed by atoms with Gasteiger partial charge in [0.05, 0.1) is 19.4 Å². The zero-order valence-corrected chi connectivity index (χ0v) is 23.0. The number of fused-ring (bicyclic) bond motifs is 1. The van der Waals surface area contributed by atoms with Gasteiger partial charge < -0.3 is 14.8 Å². The number of benzene rings is 1. The highest BCUT2D eigenvalue weighted by Crippen LogP contribution is 2.40. The maximum atomic E-state index is 14.7. The summed E-state index contributed by atoms with van der Waals surface area (Å²) in [5.74, 6) is 0.287. The van der Waals surface area contributed by atoms with Gasteiger partial charge in [-0.2, -0.15) is 14.3 Å². The van der Waals surface area contributed by atoms with E-state index in [1.54, 1.807) is 18.2 Å². The molecule has 2 aromatic heterocycles. The van der Waals surface area contributed by atoms with Crippen LogP contribution in [0.25, 0.3) is 5.69 Å². The van der Waals surface area contributed by atoms with Crippen LogP contribution in [0.1, 0.15) is 46.0 Å². The van der Waals surface area contributed by atoms with Crippen LogP contribution in [0.5, 0.6) is 5.75 Å². The third-order valence-corrected chi connectivity index (χ3v) is 7.97. The molecule has 13 heteroatoms. The van der Waals surface area contributed by atoms with E-state index in [1.807, 2.05) is 6.21 Å². The van der Waals surface area contributed by atoms with Crippen LogP contribution in [-0.2, 0) is 11.8 Å². The summed E-state index contributed by atoms with van der Waals surface area (Å²) in [4.78, 5) is 28.1. The Kier molecular flexibility index (Phi) is 7.09. The number of halogens is 1. The number of anilines is 2. The Morgan fingerprint density at radius 1 is 1.27 bits per heavy atom. The SMILES string of the molecule is Cn1nnn(-c2cc(Nc3ncc(F)c(/N=C/C4C[C@@H]5CCCN5C(C)(C)C4)n3)ccc2O[C@@H]2CCOC2)c1=O. The number of aromatic nitrogens is 6. The minimum Gasteiger partial charge on any atom is -0.486 e. The van der Waals surface area contributed by atoms with Crippen molar-refractivity contribution in [2.45, 2.75) is 63.6 Å². The third kappa shape index (κ3) is 5.35. The van der Waals surface area contributed by atoms with Gasteiger partial charge in [0.1, 0.15) is 17.5 Å². The second kappa shape index (κ2) is 10.7. The number of aryl methyl sites for hydroxylation is 1. The molecule has 6 rings (SSSR count). The van der Waals surface area contributed by atoms with E-state index in [4.69, 9.17) is 9.47 Å². The van der Waals surface area contributed by atoms with Crippen LogP contribution in [0.2, 0.25) is 0 Å². The van der Waals surface area contributed by atoms with Crippen molar-refractivity contribution in [1.82, 2.24) is 34.7 Å². The Morgan fingerprint density at radius 2 is 2.15 bits per heavy atom. The number of nitrogens with one attached hydrogen (secondary N) is 1. The van der Waals surface area contributed by atoms with E-state index in [-0.39, 0.29) is 29.3 Å². The van der Waals surface area contributed by atoms with Gasteiger partial charge in [0.2, 0.25) is 5.95 Å². The molecule has 5 heterocycles. The second-order valence-corrected chi connectivity index (χ2v) is 11.4. The van der Waals surface area contributed by atoms with E-state index in [0.29, 0.717) is 36.4 Å². The smallest absolute Gasteiger partial charge is 0.368 e. The predicted molar refractivity (Wildman–Crippen MR) is 146 cm³/mol. The first-order valence-electron chi connectivity index (χ1n) is 13.8. The highest BCUT2D eigenvalue weighted by atomic mass is 19.1. The maximum Gasteiger partial charge on any atom is 0.368 e. The van der Waals surface area contributed by atoms with Crippen molar-refractivity contribution in [3.63, 3.8) is 0 Å². The van der Waals surface area contributed by atoms with Gasteiger partial charge in [-0.15, -0.1) is 0 Å². The molecule has 1 unspecified atom stereocenters. The van der Waals surface area contributed by atoms with Gasteiger partial charge in [-0.25, -0.2) is 19.2 Å². The van der Waals surface area contributed by atoms with Gasteiger partial charge in [0.15, 0.2) is 11.6 Å². The van der Waals surface area contributed by atoms with Crippen LogP contribution in [0.3, 0.4) is 0 Å². The standard InChI is InChI=1S/C27H34FN9O3/c1-27(2)13-17(11-19-5-4-9-36(19)27)14-29-24-21(28)15-30-25(32-24)31-18-6-7-23(40-20-8-10-39-16-20)22(12-18)37-26(38)35(3)33-34-37/h6-7,12,14-15,17,19-20H,4-5,8-11,13,16H2,1-3H3,(H,30,31,32)/b29-14+/t17?,19-,20+/m0/s1. The summed E-state index contributed by atoms with van der Waals surface area (Å²) < 4.78 is 28.5. The van der Waals surface area contributed by atoms with Gasteiger partial charge in [0.25, 0.3) is 0 Å². The molecule has 40 heavy (non-hydrogen) atoms. The molecule has 3 aliphatic heterocycles. The molecule has 0 amide bonds. The third-order valence-electron chi connectivity index (χ3n) is 7.97. The molecule has 1 aromatic carbocycles. The van der Waals surface area contributed by atoms with Crippen molar-refractivity contribution in [2.75, 3.05) is 25.1 Å². The predicted octanol–water partition coefficient (Wildman–Crippen LogP) is 3.16. The van der Waals surface area contributed by atoms with Gasteiger partial charge in [0, 0.05) is 37.0 Å². The average Bonchev–Trinajstić information content (AvgIpc) is 3.68. The number of piperidine rings is 1. The van der Waals surface area contributed by atoms with E-state index in [2.05, 4.69) is 49.5 Å². The topological polar surface area (TPSA) is 125 Å². The molecular formula is C27H34FN9O3. The van der Waals surface area contributed by atoms with Crippen molar-refractivity contribution >= 4 is 23.7 Å². The fraction of sp³-hybridized carbons (Fsp3) is 0.556. The molecule has 0 spiro atoms. The maximum absolute atomic E-state index is 14.7. The van der Waals surface area contributed by atoms with Gasteiger partial charge in [-0.3, -0.25) is 4.90 Å². The fourth-order valence-corrected chi connectivity index (χ4v) is 6.11. The Bertz CT molecular complexity index is 1460. The number of aliphatic imine (C=N–C) groups is 1. The molecule has 0 radical (unpaired) electrons. The lowest BCUT2D eigenvalue weighted by atomic mass is 9.80. The summed E-state index contributed by atoms with van der Waals surface area (Å²) in [7, 11) is 1.52. The molecule has 212 valence electrons. The molecule has 3 atom stereocenters. The molecule has 0 bridgehead atoms. The summed E-state index contributed by atoms with van der Waals surface area (Å²) in [6, 6.07) is 5.74. The summed E-state index contributed by atoms with van der Waals surface area (Å²) in [5.41, 5.74) is 0.623. The minimum absolute atomic E-state index is 0.0179. The zero-order chi connectivity index (χ0) is 27.9. The van der Waals surface area contributed by atoms with Crippen molar-refractivity contribution in [3.8, 4) is 11.4 Å². The van der Waals surface area contributed by atoms with Gasteiger partial charge in [-0.05, 0) is 80.6 Å². The largest absolute Gasteiger partial charge is 0.486 e. The highest BCUT2D eigenvalue weighted by Gasteiger charge is 2.42. The minimum atomic E-state index is -0.589. The number of tetrazole rings is 1. The normalized spacial score (nSPS) is 24.4. The first-order chi connectivity index (χ1) is 19.3. The summed E-state index contributed by atoms with van der Waals surface area (Å²) in [6.45, 7) is 6.79. The van der Waals surface area contributed by atoms with E-state index >= 15 is 0 Å². The Morgan fingerprint density at radius 3 is 2.92 bits per heavy atom. The molecule has 3 aromatic rings. The van der Waals surface area contributed by atoms with Crippen molar-refractivity contribution in [3.05, 3.63) is 40.7 Å². The highest BCUT2D eigenvalue weighted by molar-refractivity contribution is 5.66. The molecule has 3 saturated heterocycles. The lowest BCUT2D eigenvalue weighted by Gasteiger charge is -2.46. The Balaban J connectivity index is 1.23. The van der Waals surface area contributed by atoms with Crippen LogP contribution in [0, 0.1) is 11.7 Å². The molecule has 1 N–H and O–H groups in total. The monoisotopic (exact) mass is 551 g/mol. The molecular weight excluding hydrogens is 517 g/mol. The van der Waals surface area contributed by atoms with Crippen LogP contribution in [-0.4, -0.2) is 78.3 Å². The lowest BCUT2D eigenvalue weighted by molar-refractivity contribution is 0.0429. The number of hydrogen-bond donors (Lipinski definition) is 1. The van der Waals surface area contributed by atoms with Gasteiger partial charge >= 0.3 is 5.69 Å². The van der Waals surface area contributed by atoms with Crippen molar-refractivity contribution in [1.29, 1.82) is 0 Å². The fourth-order valence-electron chi connectivity index (χ4n) is 6.11. The van der Waals surface area contributed by atoms with Crippen LogP contribution in [0.15, 0.2) is 34.2 Å². The number of nitrogens with zero attached hydrogens (tertiary/aromatic N) is 8. The van der Waals surface area contributed by atoms with E-state index < -0.39 is 11.5 Å². The van der Waals surface area contributed by atoms with Crippen LogP contribution in [0.4, 0.5) is 21.8 Å².